The van der Waals surface area contributed by atoms with Crippen LogP contribution in [0, 0.1) is 0 Å². The molecule has 1 unspecified atom stereocenters. The molecule has 140 valence electrons. The smallest absolute Gasteiger partial charge is 0.309 e. The Morgan fingerprint density at radius 3 is 2.42 bits per heavy atom. The molecule has 0 aromatic carbocycles. The van der Waals surface area contributed by atoms with Crippen molar-refractivity contribution in [2.45, 2.75) is 46.3 Å². The summed E-state index contributed by atoms with van der Waals surface area (Å²) in [4.78, 5) is 20.7. The number of carbonyl (C=O) groups excluding carboxylic acids is 1. The topological polar surface area (TPSA) is 103 Å². The Labute approximate surface area is 156 Å². The highest BCUT2D eigenvalue weighted by molar-refractivity contribution is 7.91. The molecule has 0 bridgehead atoms. The average molecular weight is 377 g/mol. The highest BCUT2D eigenvalue weighted by Crippen LogP contribution is 2.21. The van der Waals surface area contributed by atoms with Crippen molar-refractivity contribution in [2.24, 2.45) is 9.50 Å². The van der Waals surface area contributed by atoms with Gasteiger partial charge in [-0.25, -0.2) is 9.99 Å². The molecule has 0 radical (unpaired) electrons. The van der Waals surface area contributed by atoms with Gasteiger partial charge in [0.2, 0.25) is 0 Å². The van der Waals surface area contributed by atoms with Crippen molar-refractivity contribution in [2.75, 3.05) is 7.05 Å². The van der Waals surface area contributed by atoms with Crippen LogP contribution in [0.5, 0.6) is 0 Å². The van der Waals surface area contributed by atoms with Gasteiger partial charge in [0.05, 0.1) is 0 Å². The molecule has 1 aliphatic rings. The first-order chi connectivity index (χ1) is 12.0. The number of hydrazone groups is 1. The Bertz CT molecular complexity index is 807. The summed E-state index contributed by atoms with van der Waals surface area (Å²) in [6.07, 6.45) is 3.01. The number of allylic oxidation sites excluding steroid dienone is 1. The summed E-state index contributed by atoms with van der Waals surface area (Å²) in [5, 5.41) is 5.34. The van der Waals surface area contributed by atoms with Crippen LogP contribution in [-0.2, 0) is 20.9 Å². The molecule has 1 amide bonds. The second-order valence-corrected chi connectivity index (χ2v) is 8.86. The Hall–Kier alpha value is -2.26. The van der Waals surface area contributed by atoms with Gasteiger partial charge < -0.3 is 9.29 Å². The summed E-state index contributed by atoms with van der Waals surface area (Å²) in [5.41, 5.74) is 1.90. The van der Waals surface area contributed by atoms with Crippen LogP contribution < -0.4 is 0 Å². The standard InChI is InChI=1S/C17H23N5O3S/c1-10(2)14-16(23)22(7)20-15(25-14)13-12(18-8-9-19-13)11(3)21-26(24)17(4,5)6/h8-9H,1-7H3/b21-11+. The molecule has 0 spiro atoms. The van der Waals surface area contributed by atoms with E-state index in [1.807, 2.05) is 20.8 Å². The van der Waals surface area contributed by atoms with E-state index in [9.17, 15) is 9.35 Å². The Kier molecular flexibility index (Phi) is 5.82. The minimum absolute atomic E-state index is 0.141. The van der Waals surface area contributed by atoms with Crippen LogP contribution in [0.4, 0.5) is 0 Å². The lowest BCUT2D eigenvalue weighted by Gasteiger charge is -2.23. The summed E-state index contributed by atoms with van der Waals surface area (Å²) in [6, 6.07) is 0. The molecular weight excluding hydrogens is 354 g/mol. The summed E-state index contributed by atoms with van der Waals surface area (Å²) in [7, 11) is 1.54. The first-order valence-corrected chi connectivity index (χ1v) is 9.14. The van der Waals surface area contributed by atoms with E-state index in [1.165, 1.54) is 17.4 Å². The lowest BCUT2D eigenvalue weighted by Crippen LogP contribution is -2.34. The summed E-state index contributed by atoms with van der Waals surface area (Å²) < 4.78 is 21.8. The van der Waals surface area contributed by atoms with Crippen LogP contribution in [0.3, 0.4) is 0 Å². The molecule has 9 heteroatoms. The van der Waals surface area contributed by atoms with Crippen LogP contribution in [0.15, 0.2) is 33.2 Å². The van der Waals surface area contributed by atoms with Crippen molar-refractivity contribution in [3.63, 3.8) is 0 Å². The number of likely N-dealkylation sites (N-methyl/N-ethyl adjacent to an activating group) is 1. The molecule has 26 heavy (non-hydrogen) atoms. The van der Waals surface area contributed by atoms with Gasteiger partial charge in [0.1, 0.15) is 27.5 Å². The third kappa shape index (κ3) is 4.28. The fourth-order valence-corrected chi connectivity index (χ4v) is 2.57. The number of carbonyl (C=O) groups is 1. The molecular formula is C17H23N5O3S. The van der Waals surface area contributed by atoms with Crippen LogP contribution in [0.2, 0.25) is 0 Å². The van der Waals surface area contributed by atoms with Crippen molar-refractivity contribution in [1.29, 1.82) is 0 Å². The Balaban J connectivity index is 2.50. The first kappa shape index (κ1) is 20.1. The van der Waals surface area contributed by atoms with E-state index in [1.54, 1.807) is 27.8 Å². The largest absolute Gasteiger partial charge is 0.591 e. The van der Waals surface area contributed by atoms with Crippen LogP contribution in [0.1, 0.15) is 52.9 Å². The predicted octanol–water partition coefficient (Wildman–Crippen LogP) is 2.19. The van der Waals surface area contributed by atoms with Gasteiger partial charge in [-0.3, -0.25) is 9.78 Å². The van der Waals surface area contributed by atoms with Gasteiger partial charge in [-0.2, -0.15) is 0 Å². The summed E-state index contributed by atoms with van der Waals surface area (Å²) in [5.74, 6) is 0.00266. The van der Waals surface area contributed by atoms with Crippen LogP contribution in [0.25, 0.3) is 0 Å². The molecule has 1 atom stereocenters. The summed E-state index contributed by atoms with van der Waals surface area (Å²) in [6.45, 7) is 10.8. The molecule has 1 aliphatic heterocycles. The van der Waals surface area contributed by atoms with Gasteiger partial charge in [0.15, 0.2) is 11.5 Å². The normalized spacial score (nSPS) is 17.0. The SMILES string of the molecule is CC(C)=C1OC(c2nccnc2/C(C)=N/[S+]([O-])C(C)(C)C)=NN(C)C1=O. The van der Waals surface area contributed by atoms with E-state index in [0.29, 0.717) is 17.1 Å². The second-order valence-electron chi connectivity index (χ2n) is 6.96. The fraction of sp³-hybridized carbons (Fsp3) is 0.471. The number of aromatic nitrogens is 2. The van der Waals surface area contributed by atoms with E-state index in [4.69, 9.17) is 4.74 Å². The highest BCUT2D eigenvalue weighted by Gasteiger charge is 2.31. The Morgan fingerprint density at radius 2 is 1.85 bits per heavy atom. The third-order valence-corrected chi connectivity index (χ3v) is 4.86. The average Bonchev–Trinajstić information content (AvgIpc) is 2.56. The number of ether oxygens (including phenoxy) is 1. The Morgan fingerprint density at radius 1 is 1.23 bits per heavy atom. The quantitative estimate of drug-likeness (QED) is 0.456. The fourth-order valence-electron chi connectivity index (χ4n) is 1.96. The highest BCUT2D eigenvalue weighted by atomic mass is 32.2. The van der Waals surface area contributed by atoms with Crippen LogP contribution in [-0.4, -0.2) is 48.8 Å². The molecule has 1 aromatic rings. The maximum absolute atomic E-state index is 12.3. The molecule has 0 N–H and O–H groups in total. The van der Waals surface area contributed by atoms with Gasteiger partial charge in [-0.1, -0.05) is 4.40 Å². The minimum Gasteiger partial charge on any atom is -0.591 e. The molecule has 0 aliphatic carbocycles. The monoisotopic (exact) mass is 377 g/mol. The maximum atomic E-state index is 12.3. The second kappa shape index (κ2) is 7.55. The zero-order valence-corrected chi connectivity index (χ0v) is 16.8. The molecule has 2 heterocycles. The summed E-state index contributed by atoms with van der Waals surface area (Å²) >= 11 is -1.44. The van der Waals surface area contributed by atoms with Gasteiger partial charge in [0.25, 0.3) is 5.90 Å². The molecule has 0 saturated heterocycles. The number of rotatable bonds is 3. The van der Waals surface area contributed by atoms with Crippen molar-refractivity contribution >= 4 is 28.9 Å². The molecule has 8 nitrogen and oxygen atoms in total. The molecule has 0 fully saturated rings. The minimum atomic E-state index is -1.44. The van der Waals surface area contributed by atoms with Crippen LogP contribution >= 0.6 is 0 Å². The number of hydrogen-bond acceptors (Lipinski definition) is 7. The van der Waals surface area contributed by atoms with E-state index in [-0.39, 0.29) is 17.6 Å². The van der Waals surface area contributed by atoms with Gasteiger partial charge in [0, 0.05) is 19.4 Å². The molecule has 0 saturated carbocycles. The van der Waals surface area contributed by atoms with E-state index >= 15 is 0 Å². The van der Waals surface area contributed by atoms with Crippen molar-refractivity contribution in [3.05, 3.63) is 35.1 Å². The van der Waals surface area contributed by atoms with E-state index in [0.717, 1.165) is 5.57 Å². The van der Waals surface area contributed by atoms with E-state index in [2.05, 4.69) is 19.5 Å². The lowest BCUT2D eigenvalue weighted by atomic mass is 10.2. The third-order valence-electron chi connectivity index (χ3n) is 3.37. The van der Waals surface area contributed by atoms with Gasteiger partial charge >= 0.3 is 5.91 Å². The van der Waals surface area contributed by atoms with Gasteiger partial charge in [-0.15, -0.1) is 5.10 Å². The van der Waals surface area contributed by atoms with Crippen molar-refractivity contribution in [1.82, 2.24) is 15.0 Å². The van der Waals surface area contributed by atoms with Crippen molar-refractivity contribution < 1.29 is 14.1 Å². The predicted molar refractivity (Wildman–Crippen MR) is 101 cm³/mol. The molecule has 2 rings (SSSR count). The van der Waals surface area contributed by atoms with Gasteiger partial charge in [-0.05, 0) is 47.1 Å². The lowest BCUT2D eigenvalue weighted by molar-refractivity contribution is -0.129. The maximum Gasteiger partial charge on any atom is 0.309 e. The zero-order chi connectivity index (χ0) is 19.6. The number of amides is 1. The number of nitrogens with zero attached hydrogens (tertiary/aromatic N) is 5. The number of hydrogen-bond donors (Lipinski definition) is 0. The van der Waals surface area contributed by atoms with E-state index < -0.39 is 16.1 Å². The van der Waals surface area contributed by atoms with Crippen molar-refractivity contribution in [3.8, 4) is 0 Å². The first-order valence-electron chi connectivity index (χ1n) is 8.03. The molecule has 1 aromatic heterocycles. The zero-order valence-electron chi connectivity index (χ0n) is 16.0.